The average Bonchev–Trinajstić information content (AvgIpc) is 2.28. The topological polar surface area (TPSA) is 66.6 Å². The zero-order valence-electron chi connectivity index (χ0n) is 9.73. The highest BCUT2D eigenvalue weighted by atomic mass is 16.3. The van der Waals surface area contributed by atoms with E-state index in [9.17, 15) is 9.90 Å². The van der Waals surface area contributed by atoms with Crippen molar-refractivity contribution in [1.29, 1.82) is 0 Å². The van der Waals surface area contributed by atoms with Gasteiger partial charge in [0.05, 0.1) is 5.69 Å². The second-order valence-electron chi connectivity index (χ2n) is 3.85. The molecule has 4 nitrogen and oxygen atoms in total. The molecule has 1 aromatic carbocycles. The summed E-state index contributed by atoms with van der Waals surface area (Å²) in [6, 6.07) is 4.57. The number of unbranched alkanes of at least 4 members (excludes halogenated alkanes) is 1. The summed E-state index contributed by atoms with van der Waals surface area (Å²) >= 11 is 0. The minimum atomic E-state index is -0.0937. The van der Waals surface area contributed by atoms with E-state index in [0.717, 1.165) is 19.4 Å². The number of rotatable bonds is 4. The van der Waals surface area contributed by atoms with Crippen LogP contribution < -0.4 is 5.73 Å². The molecule has 0 aliphatic rings. The number of anilines is 1. The van der Waals surface area contributed by atoms with E-state index in [0.29, 0.717) is 5.56 Å². The Bertz CT molecular complexity index is 377. The first-order valence-corrected chi connectivity index (χ1v) is 5.40. The summed E-state index contributed by atoms with van der Waals surface area (Å²) in [4.78, 5) is 13.5. The lowest BCUT2D eigenvalue weighted by atomic mass is 10.1. The molecule has 0 bridgehead atoms. The van der Waals surface area contributed by atoms with Crippen molar-refractivity contribution in [3.8, 4) is 5.75 Å². The van der Waals surface area contributed by atoms with Crippen molar-refractivity contribution in [2.45, 2.75) is 19.8 Å². The molecule has 1 aromatic rings. The fourth-order valence-electron chi connectivity index (χ4n) is 1.39. The standard InChI is InChI=1S/C12H18N2O2/c1-3-4-7-14(2)12(16)9-5-6-10(13)11(15)8-9/h5-6,8,15H,3-4,7,13H2,1-2H3. The predicted molar refractivity (Wildman–Crippen MR) is 64.4 cm³/mol. The molecule has 0 aliphatic carbocycles. The van der Waals surface area contributed by atoms with E-state index in [1.807, 2.05) is 0 Å². The number of hydrogen-bond donors (Lipinski definition) is 2. The number of carbonyl (C=O) groups excluding carboxylic acids is 1. The van der Waals surface area contributed by atoms with E-state index in [-0.39, 0.29) is 17.3 Å². The van der Waals surface area contributed by atoms with Crippen LogP contribution in [-0.2, 0) is 0 Å². The Labute approximate surface area is 95.7 Å². The third-order valence-electron chi connectivity index (χ3n) is 2.47. The van der Waals surface area contributed by atoms with E-state index >= 15 is 0 Å². The molecule has 0 radical (unpaired) electrons. The second-order valence-corrected chi connectivity index (χ2v) is 3.85. The van der Waals surface area contributed by atoms with E-state index in [2.05, 4.69) is 6.92 Å². The molecule has 0 fully saturated rings. The lowest BCUT2D eigenvalue weighted by Crippen LogP contribution is -2.27. The van der Waals surface area contributed by atoms with Crippen molar-refractivity contribution in [2.75, 3.05) is 19.3 Å². The molecule has 0 aliphatic heterocycles. The molecule has 0 atom stereocenters. The number of hydrogen-bond acceptors (Lipinski definition) is 3. The second kappa shape index (κ2) is 5.39. The molecule has 4 heteroatoms. The molecule has 1 rings (SSSR count). The van der Waals surface area contributed by atoms with E-state index < -0.39 is 0 Å². The van der Waals surface area contributed by atoms with Crippen molar-refractivity contribution in [2.24, 2.45) is 0 Å². The van der Waals surface area contributed by atoms with E-state index in [1.54, 1.807) is 18.0 Å². The van der Waals surface area contributed by atoms with Gasteiger partial charge in [-0.25, -0.2) is 0 Å². The van der Waals surface area contributed by atoms with Crippen LogP contribution in [0, 0.1) is 0 Å². The average molecular weight is 222 g/mol. The molecule has 0 heterocycles. The lowest BCUT2D eigenvalue weighted by Gasteiger charge is -2.16. The van der Waals surface area contributed by atoms with Gasteiger partial charge in [0.25, 0.3) is 5.91 Å². The quantitative estimate of drug-likeness (QED) is 0.603. The van der Waals surface area contributed by atoms with Crippen LogP contribution in [0.3, 0.4) is 0 Å². The first kappa shape index (κ1) is 12.4. The van der Waals surface area contributed by atoms with Gasteiger partial charge in [-0.3, -0.25) is 4.79 Å². The number of phenols is 1. The van der Waals surface area contributed by atoms with Crippen molar-refractivity contribution in [3.63, 3.8) is 0 Å². The van der Waals surface area contributed by atoms with Gasteiger partial charge in [0.15, 0.2) is 0 Å². The van der Waals surface area contributed by atoms with Gasteiger partial charge in [-0.05, 0) is 24.6 Å². The zero-order chi connectivity index (χ0) is 12.1. The van der Waals surface area contributed by atoms with Crippen LogP contribution in [0.2, 0.25) is 0 Å². The molecular formula is C12H18N2O2. The first-order chi connectivity index (χ1) is 7.56. The molecule has 16 heavy (non-hydrogen) atoms. The fourth-order valence-corrected chi connectivity index (χ4v) is 1.39. The van der Waals surface area contributed by atoms with Crippen LogP contribution in [0.4, 0.5) is 5.69 Å². The van der Waals surface area contributed by atoms with Gasteiger partial charge in [-0.1, -0.05) is 13.3 Å². The van der Waals surface area contributed by atoms with Gasteiger partial charge < -0.3 is 15.7 Å². The molecule has 0 saturated heterocycles. The Hall–Kier alpha value is -1.71. The Morgan fingerprint density at radius 3 is 2.75 bits per heavy atom. The summed E-state index contributed by atoms with van der Waals surface area (Å²) in [6.45, 7) is 2.80. The van der Waals surface area contributed by atoms with Gasteiger partial charge in [0, 0.05) is 19.2 Å². The summed E-state index contributed by atoms with van der Waals surface area (Å²) in [6.07, 6.45) is 2.02. The highest BCUT2D eigenvalue weighted by molar-refractivity contribution is 5.95. The maximum absolute atomic E-state index is 11.9. The van der Waals surface area contributed by atoms with Crippen molar-refractivity contribution in [1.82, 2.24) is 4.90 Å². The summed E-state index contributed by atoms with van der Waals surface area (Å²) in [5.41, 5.74) is 6.22. The molecule has 0 aromatic heterocycles. The number of nitrogens with zero attached hydrogens (tertiary/aromatic N) is 1. The van der Waals surface area contributed by atoms with Crippen molar-refractivity contribution >= 4 is 11.6 Å². The minimum Gasteiger partial charge on any atom is -0.506 e. The Balaban J connectivity index is 2.76. The Morgan fingerprint density at radius 1 is 1.50 bits per heavy atom. The van der Waals surface area contributed by atoms with Gasteiger partial charge in [0.1, 0.15) is 5.75 Å². The lowest BCUT2D eigenvalue weighted by molar-refractivity contribution is 0.0793. The van der Waals surface area contributed by atoms with Crippen LogP contribution in [-0.4, -0.2) is 29.5 Å². The van der Waals surface area contributed by atoms with Gasteiger partial charge in [0.2, 0.25) is 0 Å². The third-order valence-corrected chi connectivity index (χ3v) is 2.47. The number of nitrogen functional groups attached to an aromatic ring is 1. The van der Waals surface area contributed by atoms with E-state index in [1.165, 1.54) is 12.1 Å². The fraction of sp³-hybridized carbons (Fsp3) is 0.417. The van der Waals surface area contributed by atoms with Crippen molar-refractivity contribution in [3.05, 3.63) is 23.8 Å². The molecule has 1 amide bonds. The highest BCUT2D eigenvalue weighted by Crippen LogP contribution is 2.21. The first-order valence-electron chi connectivity index (χ1n) is 5.40. The van der Waals surface area contributed by atoms with Crippen LogP contribution in [0.15, 0.2) is 18.2 Å². The minimum absolute atomic E-state index is 0.0465. The predicted octanol–water partition coefficient (Wildman–Crippen LogP) is 1.85. The van der Waals surface area contributed by atoms with E-state index in [4.69, 9.17) is 5.73 Å². The molecule has 3 N–H and O–H groups in total. The van der Waals surface area contributed by atoms with Gasteiger partial charge in [-0.15, -0.1) is 0 Å². The van der Waals surface area contributed by atoms with Gasteiger partial charge >= 0.3 is 0 Å². The molecule has 0 unspecified atom stereocenters. The van der Waals surface area contributed by atoms with Crippen LogP contribution >= 0.6 is 0 Å². The highest BCUT2D eigenvalue weighted by Gasteiger charge is 2.12. The summed E-state index contributed by atoms with van der Waals surface area (Å²) < 4.78 is 0. The van der Waals surface area contributed by atoms with Gasteiger partial charge in [-0.2, -0.15) is 0 Å². The monoisotopic (exact) mass is 222 g/mol. The van der Waals surface area contributed by atoms with Crippen molar-refractivity contribution < 1.29 is 9.90 Å². The maximum atomic E-state index is 11.9. The SMILES string of the molecule is CCCCN(C)C(=O)c1ccc(N)c(O)c1. The number of amides is 1. The molecule has 88 valence electrons. The number of aromatic hydroxyl groups is 1. The molecule has 0 spiro atoms. The summed E-state index contributed by atoms with van der Waals surface area (Å²) in [5, 5.41) is 9.41. The number of carbonyl (C=O) groups is 1. The van der Waals surface area contributed by atoms with Crippen LogP contribution in [0.25, 0.3) is 0 Å². The number of nitrogens with two attached hydrogens (primary N) is 1. The maximum Gasteiger partial charge on any atom is 0.253 e. The Morgan fingerprint density at radius 2 is 2.19 bits per heavy atom. The number of phenolic OH excluding ortho intramolecular Hbond substituents is 1. The van der Waals surface area contributed by atoms with Crippen LogP contribution in [0.1, 0.15) is 30.1 Å². The summed E-state index contributed by atoms with van der Waals surface area (Å²) in [5.74, 6) is -0.140. The zero-order valence-corrected chi connectivity index (χ0v) is 9.73. The number of benzene rings is 1. The summed E-state index contributed by atoms with van der Waals surface area (Å²) in [7, 11) is 1.76. The molecule has 0 saturated carbocycles. The third kappa shape index (κ3) is 2.89. The Kier molecular flexibility index (Phi) is 4.17. The normalized spacial score (nSPS) is 10.1. The smallest absolute Gasteiger partial charge is 0.253 e. The molecular weight excluding hydrogens is 204 g/mol. The van der Waals surface area contributed by atoms with Crippen LogP contribution in [0.5, 0.6) is 5.75 Å². The largest absolute Gasteiger partial charge is 0.506 e.